The van der Waals surface area contributed by atoms with Gasteiger partial charge in [0.25, 0.3) is 0 Å². The molecule has 0 heterocycles. The minimum atomic E-state index is -0.601. The van der Waals surface area contributed by atoms with Gasteiger partial charge in [-0.05, 0) is 34.4 Å². The third-order valence-corrected chi connectivity index (χ3v) is 1.96. The SMILES string of the molecule is [N-]=[N+]=NC(=O)/C=C/c1ccc(Br)cc1. The maximum atomic E-state index is 10.8. The Labute approximate surface area is 89.0 Å². The normalized spacial score (nSPS) is 9.79. The highest BCUT2D eigenvalue weighted by atomic mass is 79.9. The first kappa shape index (κ1) is 10.5. The zero-order chi connectivity index (χ0) is 10.4. The third-order valence-electron chi connectivity index (χ3n) is 1.43. The summed E-state index contributed by atoms with van der Waals surface area (Å²) in [6.45, 7) is 0. The van der Waals surface area contributed by atoms with Crippen LogP contribution in [-0.4, -0.2) is 5.91 Å². The first-order valence-electron chi connectivity index (χ1n) is 3.75. The summed E-state index contributed by atoms with van der Waals surface area (Å²) in [6.07, 6.45) is 2.81. The number of carbonyl (C=O) groups excluding carboxylic acids is 1. The Morgan fingerprint density at radius 3 is 2.64 bits per heavy atom. The molecule has 1 aromatic rings. The van der Waals surface area contributed by atoms with Crippen molar-refractivity contribution in [3.63, 3.8) is 0 Å². The summed E-state index contributed by atoms with van der Waals surface area (Å²) >= 11 is 3.29. The summed E-state index contributed by atoms with van der Waals surface area (Å²) in [7, 11) is 0. The lowest BCUT2D eigenvalue weighted by molar-refractivity contribution is -0.113. The highest BCUT2D eigenvalue weighted by molar-refractivity contribution is 9.10. The van der Waals surface area contributed by atoms with Gasteiger partial charge in [-0.2, -0.15) is 0 Å². The van der Waals surface area contributed by atoms with Gasteiger partial charge in [-0.15, -0.1) is 0 Å². The summed E-state index contributed by atoms with van der Waals surface area (Å²) in [6, 6.07) is 7.39. The molecule has 70 valence electrons. The molecule has 0 saturated carbocycles. The predicted molar refractivity (Wildman–Crippen MR) is 57.3 cm³/mol. The van der Waals surface area contributed by atoms with E-state index in [2.05, 4.69) is 26.0 Å². The second kappa shape index (κ2) is 5.21. The summed E-state index contributed by atoms with van der Waals surface area (Å²) < 4.78 is 0.969. The van der Waals surface area contributed by atoms with Gasteiger partial charge in [0.1, 0.15) is 0 Å². The molecule has 0 aliphatic rings. The smallest absolute Gasteiger partial charge is 0.242 e. The van der Waals surface area contributed by atoms with E-state index in [4.69, 9.17) is 5.53 Å². The van der Waals surface area contributed by atoms with Crippen molar-refractivity contribution >= 4 is 27.9 Å². The number of benzene rings is 1. The van der Waals surface area contributed by atoms with Crippen molar-refractivity contribution in [2.75, 3.05) is 0 Å². The van der Waals surface area contributed by atoms with E-state index in [0.717, 1.165) is 10.0 Å². The molecule has 1 amide bonds. The number of hydrogen-bond acceptors (Lipinski definition) is 1. The quantitative estimate of drug-likeness (QED) is 0.344. The van der Waals surface area contributed by atoms with E-state index in [0.29, 0.717) is 0 Å². The molecular weight excluding hydrogens is 246 g/mol. The molecule has 1 rings (SSSR count). The first-order chi connectivity index (χ1) is 6.72. The number of rotatable bonds is 2. The maximum Gasteiger partial charge on any atom is 0.242 e. The molecular formula is C9H6BrN3O. The highest BCUT2D eigenvalue weighted by Gasteiger charge is 1.90. The number of nitrogens with zero attached hydrogens (tertiary/aromatic N) is 3. The van der Waals surface area contributed by atoms with E-state index in [1.807, 2.05) is 24.3 Å². The minimum Gasteiger partial charge on any atom is -0.288 e. The first-order valence-corrected chi connectivity index (χ1v) is 4.54. The van der Waals surface area contributed by atoms with Crippen molar-refractivity contribution in [1.29, 1.82) is 0 Å². The van der Waals surface area contributed by atoms with Crippen molar-refractivity contribution < 1.29 is 4.79 Å². The van der Waals surface area contributed by atoms with Crippen LogP contribution in [0.25, 0.3) is 16.5 Å². The zero-order valence-corrected chi connectivity index (χ0v) is 8.68. The molecule has 0 aliphatic carbocycles. The molecule has 0 fully saturated rings. The van der Waals surface area contributed by atoms with E-state index in [1.54, 1.807) is 6.08 Å². The van der Waals surface area contributed by atoms with Crippen molar-refractivity contribution in [2.24, 2.45) is 5.11 Å². The second-order valence-electron chi connectivity index (χ2n) is 2.41. The Hall–Kier alpha value is -1.58. The highest BCUT2D eigenvalue weighted by Crippen LogP contribution is 2.11. The zero-order valence-electron chi connectivity index (χ0n) is 7.09. The number of azide groups is 1. The summed E-state index contributed by atoms with van der Waals surface area (Å²) in [5.41, 5.74) is 8.84. The average Bonchev–Trinajstić information content (AvgIpc) is 2.17. The summed E-state index contributed by atoms with van der Waals surface area (Å²) in [5.74, 6) is -0.601. The van der Waals surface area contributed by atoms with Crippen molar-refractivity contribution in [3.8, 4) is 0 Å². The van der Waals surface area contributed by atoms with E-state index in [1.165, 1.54) is 6.08 Å². The molecule has 0 bridgehead atoms. The van der Waals surface area contributed by atoms with Crippen LogP contribution in [0.2, 0.25) is 0 Å². The summed E-state index contributed by atoms with van der Waals surface area (Å²) in [4.78, 5) is 13.1. The molecule has 0 spiro atoms. The fourth-order valence-corrected chi connectivity index (χ4v) is 1.08. The molecule has 0 saturated heterocycles. The molecule has 0 atom stereocenters. The van der Waals surface area contributed by atoms with E-state index >= 15 is 0 Å². The van der Waals surface area contributed by atoms with Crippen LogP contribution in [0.5, 0.6) is 0 Å². The lowest BCUT2D eigenvalue weighted by atomic mass is 10.2. The van der Waals surface area contributed by atoms with Gasteiger partial charge in [0.2, 0.25) is 5.91 Å². The fourth-order valence-electron chi connectivity index (χ4n) is 0.819. The molecule has 5 heteroatoms. The molecule has 0 aliphatic heterocycles. The van der Waals surface area contributed by atoms with Crippen molar-refractivity contribution in [3.05, 3.63) is 50.8 Å². The largest absolute Gasteiger partial charge is 0.288 e. The monoisotopic (exact) mass is 251 g/mol. The van der Waals surface area contributed by atoms with Gasteiger partial charge in [0.05, 0.1) is 0 Å². The van der Waals surface area contributed by atoms with E-state index in [9.17, 15) is 4.79 Å². The molecule has 0 unspecified atom stereocenters. The Bertz CT molecular complexity index is 405. The van der Waals surface area contributed by atoms with E-state index in [-0.39, 0.29) is 0 Å². The van der Waals surface area contributed by atoms with Crippen LogP contribution < -0.4 is 0 Å². The minimum absolute atomic E-state index is 0.601. The van der Waals surface area contributed by atoms with Gasteiger partial charge in [-0.25, -0.2) is 0 Å². The lowest BCUT2D eigenvalue weighted by Gasteiger charge is -1.91. The van der Waals surface area contributed by atoms with Crippen LogP contribution in [0.15, 0.2) is 39.9 Å². The Kier molecular flexibility index (Phi) is 3.91. The van der Waals surface area contributed by atoms with Gasteiger partial charge < -0.3 is 0 Å². The lowest BCUT2D eigenvalue weighted by Crippen LogP contribution is -1.82. The summed E-state index contributed by atoms with van der Waals surface area (Å²) in [5, 5.41) is 2.90. The molecule has 4 nitrogen and oxygen atoms in total. The van der Waals surface area contributed by atoms with Gasteiger partial charge in [-0.3, -0.25) is 4.79 Å². The maximum absolute atomic E-state index is 10.8. The van der Waals surface area contributed by atoms with Crippen LogP contribution in [0, 0.1) is 0 Å². The van der Waals surface area contributed by atoms with Gasteiger partial charge in [0, 0.05) is 9.38 Å². The van der Waals surface area contributed by atoms with Crippen LogP contribution in [0.3, 0.4) is 0 Å². The molecule has 1 aromatic carbocycles. The van der Waals surface area contributed by atoms with Crippen LogP contribution in [-0.2, 0) is 4.79 Å². The van der Waals surface area contributed by atoms with Crippen LogP contribution >= 0.6 is 15.9 Å². The standard InChI is InChI=1S/C9H6BrN3O/c10-8-4-1-7(2-5-8)3-6-9(14)12-13-11/h1-6H/b6-3+. The van der Waals surface area contributed by atoms with Crippen LogP contribution in [0.4, 0.5) is 0 Å². The Balaban J connectivity index is 2.73. The average molecular weight is 252 g/mol. The topological polar surface area (TPSA) is 65.8 Å². The van der Waals surface area contributed by atoms with Crippen molar-refractivity contribution in [1.82, 2.24) is 0 Å². The number of halogens is 1. The molecule has 0 radical (unpaired) electrons. The van der Waals surface area contributed by atoms with E-state index < -0.39 is 5.91 Å². The number of carbonyl (C=O) groups is 1. The van der Waals surface area contributed by atoms with Gasteiger partial charge >= 0.3 is 0 Å². The molecule has 0 aromatic heterocycles. The molecule has 14 heavy (non-hydrogen) atoms. The van der Waals surface area contributed by atoms with Gasteiger partial charge in [-0.1, -0.05) is 34.1 Å². The van der Waals surface area contributed by atoms with Gasteiger partial charge in [0.15, 0.2) is 0 Å². The Morgan fingerprint density at radius 2 is 2.07 bits per heavy atom. The fraction of sp³-hybridized carbons (Fsp3) is 0. The Morgan fingerprint density at radius 1 is 1.43 bits per heavy atom. The number of amides is 1. The predicted octanol–water partition coefficient (Wildman–Crippen LogP) is 3.30. The third kappa shape index (κ3) is 3.43. The van der Waals surface area contributed by atoms with Crippen LogP contribution in [0.1, 0.15) is 5.56 Å². The number of hydrogen-bond donors (Lipinski definition) is 0. The van der Waals surface area contributed by atoms with Crippen molar-refractivity contribution in [2.45, 2.75) is 0 Å². The molecule has 0 N–H and O–H groups in total. The second-order valence-corrected chi connectivity index (χ2v) is 3.33.